The van der Waals surface area contributed by atoms with Crippen LogP contribution in [0.3, 0.4) is 0 Å². The Kier molecular flexibility index (Phi) is 7.87. The van der Waals surface area contributed by atoms with Crippen LogP contribution in [0.2, 0.25) is 0 Å². The van der Waals surface area contributed by atoms with Gasteiger partial charge in [-0.3, -0.25) is 0 Å². The van der Waals surface area contributed by atoms with Gasteiger partial charge in [-0.15, -0.1) is 0 Å². The number of nitrogens with two attached hydrogens (primary N) is 1. The third-order valence-corrected chi connectivity index (χ3v) is 4.33. The zero-order valence-corrected chi connectivity index (χ0v) is 12.6. The van der Waals surface area contributed by atoms with Gasteiger partial charge < -0.3 is 16.0 Å². The lowest BCUT2D eigenvalue weighted by atomic mass is 9.95. The van der Waals surface area contributed by atoms with Crippen molar-refractivity contribution in [2.45, 2.75) is 52.5 Å². The molecule has 108 valence electrons. The van der Waals surface area contributed by atoms with Crippen LogP contribution < -0.4 is 11.1 Å². The molecule has 0 saturated carbocycles. The Morgan fingerprint density at radius 2 is 1.94 bits per heavy atom. The van der Waals surface area contributed by atoms with Crippen molar-refractivity contribution in [2.24, 2.45) is 17.6 Å². The van der Waals surface area contributed by atoms with E-state index in [1.54, 1.807) is 0 Å². The van der Waals surface area contributed by atoms with Crippen LogP contribution in [0.25, 0.3) is 0 Å². The van der Waals surface area contributed by atoms with Gasteiger partial charge in [0.2, 0.25) is 0 Å². The molecule has 1 unspecified atom stereocenters. The minimum absolute atomic E-state index is 0.628. The molecule has 0 amide bonds. The number of nitrogens with zero attached hydrogens (tertiary/aromatic N) is 1. The molecule has 3 N–H and O–H groups in total. The maximum absolute atomic E-state index is 5.82. The summed E-state index contributed by atoms with van der Waals surface area (Å²) in [5.41, 5.74) is 5.82. The average molecular weight is 255 g/mol. The third-order valence-electron chi connectivity index (χ3n) is 4.33. The molecule has 3 nitrogen and oxygen atoms in total. The lowest BCUT2D eigenvalue weighted by molar-refractivity contribution is 0.190. The molecule has 3 heteroatoms. The summed E-state index contributed by atoms with van der Waals surface area (Å²) >= 11 is 0. The lowest BCUT2D eigenvalue weighted by Crippen LogP contribution is -2.45. The van der Waals surface area contributed by atoms with E-state index in [0.29, 0.717) is 11.8 Å². The van der Waals surface area contributed by atoms with Crippen LogP contribution in [0.15, 0.2) is 0 Å². The Balaban J connectivity index is 2.15. The minimum atomic E-state index is 0.628. The summed E-state index contributed by atoms with van der Waals surface area (Å²) in [4.78, 5) is 2.62. The second-order valence-corrected chi connectivity index (χ2v) is 6.12. The minimum Gasteiger partial charge on any atom is -0.330 e. The van der Waals surface area contributed by atoms with Crippen LogP contribution >= 0.6 is 0 Å². The van der Waals surface area contributed by atoms with Gasteiger partial charge in [0.05, 0.1) is 0 Å². The Morgan fingerprint density at radius 1 is 1.28 bits per heavy atom. The Morgan fingerprint density at radius 3 is 2.44 bits per heavy atom. The molecule has 1 heterocycles. The van der Waals surface area contributed by atoms with Crippen molar-refractivity contribution in [3.05, 3.63) is 0 Å². The molecule has 1 atom stereocenters. The highest BCUT2D eigenvalue weighted by atomic mass is 15.1. The number of unbranched alkanes of at least 4 members (excludes halogenated alkanes) is 1. The van der Waals surface area contributed by atoms with Crippen LogP contribution in [0.4, 0.5) is 0 Å². The van der Waals surface area contributed by atoms with Gasteiger partial charge in [-0.25, -0.2) is 0 Å². The zero-order valence-electron chi connectivity index (χ0n) is 12.6. The van der Waals surface area contributed by atoms with Crippen molar-refractivity contribution in [3.63, 3.8) is 0 Å². The van der Waals surface area contributed by atoms with Gasteiger partial charge >= 0.3 is 0 Å². The summed E-state index contributed by atoms with van der Waals surface area (Å²) in [6, 6.07) is 0.718. The van der Waals surface area contributed by atoms with Crippen molar-refractivity contribution in [1.82, 2.24) is 10.2 Å². The maximum Gasteiger partial charge on any atom is 0.00915 e. The van der Waals surface area contributed by atoms with Crippen molar-refractivity contribution in [3.8, 4) is 0 Å². The fraction of sp³-hybridized carbons (Fsp3) is 1.00. The van der Waals surface area contributed by atoms with E-state index in [-0.39, 0.29) is 0 Å². The molecule has 0 aliphatic carbocycles. The SMILES string of the molecule is CCCCN1CCC(NCC(CN)C(C)C)CC1. The van der Waals surface area contributed by atoms with E-state index in [1.807, 2.05) is 0 Å². The second kappa shape index (κ2) is 8.89. The van der Waals surface area contributed by atoms with E-state index < -0.39 is 0 Å². The van der Waals surface area contributed by atoms with Crippen LogP contribution in [0, 0.1) is 11.8 Å². The van der Waals surface area contributed by atoms with E-state index in [4.69, 9.17) is 5.73 Å². The van der Waals surface area contributed by atoms with Crippen LogP contribution in [-0.4, -0.2) is 43.7 Å². The van der Waals surface area contributed by atoms with E-state index in [9.17, 15) is 0 Å². The molecule has 1 fully saturated rings. The van der Waals surface area contributed by atoms with Crippen molar-refractivity contribution in [2.75, 3.05) is 32.7 Å². The zero-order chi connectivity index (χ0) is 13.4. The monoisotopic (exact) mass is 255 g/mol. The van der Waals surface area contributed by atoms with E-state index in [2.05, 4.69) is 31.0 Å². The molecule has 0 aromatic rings. The quantitative estimate of drug-likeness (QED) is 0.698. The summed E-state index contributed by atoms with van der Waals surface area (Å²) in [5.74, 6) is 1.32. The smallest absolute Gasteiger partial charge is 0.00915 e. The molecule has 1 saturated heterocycles. The van der Waals surface area contributed by atoms with E-state index in [0.717, 1.165) is 19.1 Å². The molecular formula is C15H33N3. The highest BCUT2D eigenvalue weighted by Crippen LogP contribution is 2.13. The maximum atomic E-state index is 5.82. The van der Waals surface area contributed by atoms with E-state index in [1.165, 1.54) is 45.3 Å². The molecule has 0 aromatic carbocycles. The van der Waals surface area contributed by atoms with Crippen molar-refractivity contribution >= 4 is 0 Å². The van der Waals surface area contributed by atoms with Gasteiger partial charge in [0, 0.05) is 6.04 Å². The second-order valence-electron chi connectivity index (χ2n) is 6.12. The molecule has 0 aromatic heterocycles. The molecule has 0 bridgehead atoms. The fourth-order valence-corrected chi connectivity index (χ4v) is 2.65. The first kappa shape index (κ1) is 15.9. The molecule has 0 radical (unpaired) electrons. The standard InChI is InChI=1S/C15H33N3/c1-4-5-8-18-9-6-15(7-10-18)17-12-14(11-16)13(2)3/h13-15,17H,4-12,16H2,1-3H3. The predicted molar refractivity (Wildman–Crippen MR) is 79.8 cm³/mol. The molecule has 1 aliphatic rings. The lowest BCUT2D eigenvalue weighted by Gasteiger charge is -2.33. The first-order chi connectivity index (χ1) is 8.67. The van der Waals surface area contributed by atoms with Crippen molar-refractivity contribution in [1.29, 1.82) is 0 Å². The summed E-state index contributed by atoms with van der Waals surface area (Å²) in [5, 5.41) is 3.72. The third kappa shape index (κ3) is 5.68. The first-order valence-electron chi connectivity index (χ1n) is 7.83. The number of hydrogen-bond acceptors (Lipinski definition) is 3. The van der Waals surface area contributed by atoms with E-state index >= 15 is 0 Å². The van der Waals surface area contributed by atoms with Crippen LogP contribution in [0.1, 0.15) is 46.5 Å². The van der Waals surface area contributed by atoms with Gasteiger partial charge in [0.1, 0.15) is 0 Å². The van der Waals surface area contributed by atoms with Gasteiger partial charge in [-0.1, -0.05) is 27.2 Å². The molecule has 1 rings (SSSR count). The molecule has 1 aliphatic heterocycles. The largest absolute Gasteiger partial charge is 0.330 e. The number of likely N-dealkylation sites (tertiary alicyclic amines) is 1. The molecule has 0 spiro atoms. The fourth-order valence-electron chi connectivity index (χ4n) is 2.65. The predicted octanol–water partition coefficient (Wildman–Crippen LogP) is 2.07. The van der Waals surface area contributed by atoms with Crippen LogP contribution in [-0.2, 0) is 0 Å². The first-order valence-corrected chi connectivity index (χ1v) is 7.83. The molecule has 18 heavy (non-hydrogen) atoms. The van der Waals surface area contributed by atoms with Gasteiger partial charge in [-0.05, 0) is 63.8 Å². The molecular weight excluding hydrogens is 222 g/mol. The number of nitrogens with one attached hydrogen (secondary N) is 1. The summed E-state index contributed by atoms with van der Waals surface area (Å²) in [7, 11) is 0. The van der Waals surface area contributed by atoms with Gasteiger partial charge in [-0.2, -0.15) is 0 Å². The Hall–Kier alpha value is -0.120. The topological polar surface area (TPSA) is 41.3 Å². The highest BCUT2D eigenvalue weighted by molar-refractivity contribution is 4.79. The average Bonchev–Trinajstić information content (AvgIpc) is 2.38. The summed E-state index contributed by atoms with van der Waals surface area (Å²) in [6.07, 6.45) is 5.27. The van der Waals surface area contributed by atoms with Crippen LogP contribution in [0.5, 0.6) is 0 Å². The Labute approximate surface area is 113 Å². The summed E-state index contributed by atoms with van der Waals surface area (Å²) < 4.78 is 0. The number of piperidine rings is 1. The Bertz CT molecular complexity index is 198. The van der Waals surface area contributed by atoms with Gasteiger partial charge in [0.15, 0.2) is 0 Å². The summed E-state index contributed by atoms with van der Waals surface area (Å²) in [6.45, 7) is 12.5. The van der Waals surface area contributed by atoms with Crippen molar-refractivity contribution < 1.29 is 0 Å². The number of hydrogen-bond donors (Lipinski definition) is 2. The highest BCUT2D eigenvalue weighted by Gasteiger charge is 2.19. The van der Waals surface area contributed by atoms with Gasteiger partial charge in [0.25, 0.3) is 0 Å². The normalized spacial score (nSPS) is 20.5. The number of rotatable bonds is 8.